The van der Waals surface area contributed by atoms with Crippen molar-refractivity contribution < 1.29 is 27.5 Å². The van der Waals surface area contributed by atoms with E-state index in [1.54, 1.807) is 61.7 Å². The Balaban J connectivity index is 1.83. The summed E-state index contributed by atoms with van der Waals surface area (Å²) in [6, 6.07) is 28.8. The molecular weight excluding hydrogens is 590 g/mol. The summed E-state index contributed by atoms with van der Waals surface area (Å²) in [5.74, 6) is -0.0329. The second-order valence-corrected chi connectivity index (χ2v) is 12.3. The minimum atomic E-state index is -4.25. The number of ether oxygens (including phenoxy) is 2. The van der Waals surface area contributed by atoms with Crippen LogP contribution in [0.25, 0.3) is 0 Å². The first-order valence-electron chi connectivity index (χ1n) is 14.6. The molecule has 4 aromatic rings. The monoisotopic (exact) mass is 629 g/mol. The summed E-state index contributed by atoms with van der Waals surface area (Å²) in [5, 5.41) is 2.86. The molecule has 0 fully saturated rings. The fraction of sp³-hybridized carbons (Fsp3) is 0.257. The molecule has 1 N–H and O–H groups in total. The molecule has 9 nitrogen and oxygen atoms in total. The number of nitrogens with zero attached hydrogens (tertiary/aromatic N) is 2. The van der Waals surface area contributed by atoms with Crippen LogP contribution < -0.4 is 19.1 Å². The Morgan fingerprint density at radius 3 is 2.16 bits per heavy atom. The van der Waals surface area contributed by atoms with Crippen LogP contribution in [0.2, 0.25) is 0 Å². The third-order valence-corrected chi connectivity index (χ3v) is 9.12. The number of benzene rings is 4. The summed E-state index contributed by atoms with van der Waals surface area (Å²) in [6.07, 6.45) is 0.224. The standard InChI is InChI=1S/C35H39N3O6S/c1-5-36-35(40)32(23-27-12-7-6-8-13-27)37(24-28-14-11-15-29(22-28)43-3)34(39)25-38(31-16-9-10-17-33(31)44-4)45(41,42)30-20-18-26(2)19-21-30/h6-22,32H,5,23-25H2,1-4H3,(H,36,40). The first-order valence-corrected chi connectivity index (χ1v) is 16.1. The molecule has 0 saturated heterocycles. The van der Waals surface area contributed by atoms with E-state index in [-0.39, 0.29) is 35.2 Å². The molecule has 0 spiro atoms. The number of sulfonamides is 1. The Morgan fingerprint density at radius 2 is 1.49 bits per heavy atom. The molecule has 2 amide bonds. The van der Waals surface area contributed by atoms with Crippen LogP contribution in [0, 0.1) is 6.92 Å². The van der Waals surface area contributed by atoms with Gasteiger partial charge in [-0.2, -0.15) is 0 Å². The molecule has 0 heterocycles. The van der Waals surface area contributed by atoms with Crippen molar-refractivity contribution in [2.45, 2.75) is 37.8 Å². The van der Waals surface area contributed by atoms with E-state index in [0.29, 0.717) is 12.3 Å². The number of hydrogen-bond acceptors (Lipinski definition) is 6. The van der Waals surface area contributed by atoms with Gasteiger partial charge < -0.3 is 19.7 Å². The molecule has 1 atom stereocenters. The number of methoxy groups -OCH3 is 2. The SMILES string of the molecule is CCNC(=O)C(Cc1ccccc1)N(Cc1cccc(OC)c1)C(=O)CN(c1ccccc1OC)S(=O)(=O)c1ccc(C)cc1. The van der Waals surface area contributed by atoms with E-state index in [1.165, 1.54) is 24.1 Å². The van der Waals surface area contributed by atoms with E-state index in [0.717, 1.165) is 21.0 Å². The minimum Gasteiger partial charge on any atom is -0.497 e. The number of para-hydroxylation sites is 2. The van der Waals surface area contributed by atoms with E-state index in [1.807, 2.05) is 50.2 Å². The largest absolute Gasteiger partial charge is 0.497 e. The molecule has 0 bridgehead atoms. The molecule has 0 saturated carbocycles. The van der Waals surface area contributed by atoms with Gasteiger partial charge in [-0.05, 0) is 61.4 Å². The maximum atomic E-state index is 14.5. The molecule has 1 unspecified atom stereocenters. The van der Waals surface area contributed by atoms with Gasteiger partial charge in [0.25, 0.3) is 10.0 Å². The van der Waals surface area contributed by atoms with Gasteiger partial charge in [0, 0.05) is 19.5 Å². The molecule has 0 aliphatic carbocycles. The quantitative estimate of drug-likeness (QED) is 0.211. The lowest BCUT2D eigenvalue weighted by atomic mass is 10.0. The van der Waals surface area contributed by atoms with Gasteiger partial charge in [0.15, 0.2) is 0 Å². The van der Waals surface area contributed by atoms with E-state index in [9.17, 15) is 18.0 Å². The Bertz CT molecular complexity index is 1690. The summed E-state index contributed by atoms with van der Waals surface area (Å²) in [7, 11) is -1.25. The minimum absolute atomic E-state index is 0.0238. The smallest absolute Gasteiger partial charge is 0.264 e. The van der Waals surface area contributed by atoms with Crippen LogP contribution in [-0.4, -0.2) is 58.5 Å². The Morgan fingerprint density at radius 1 is 0.822 bits per heavy atom. The number of nitrogens with one attached hydrogen (secondary N) is 1. The van der Waals surface area contributed by atoms with E-state index in [2.05, 4.69) is 5.32 Å². The van der Waals surface area contributed by atoms with E-state index >= 15 is 0 Å². The fourth-order valence-corrected chi connectivity index (χ4v) is 6.42. The van der Waals surface area contributed by atoms with Gasteiger partial charge in [-0.15, -0.1) is 0 Å². The molecule has 0 radical (unpaired) electrons. The van der Waals surface area contributed by atoms with Gasteiger partial charge in [-0.25, -0.2) is 8.42 Å². The van der Waals surface area contributed by atoms with Crippen molar-refractivity contribution in [2.24, 2.45) is 0 Å². The average molecular weight is 630 g/mol. The van der Waals surface area contributed by atoms with Crippen molar-refractivity contribution in [3.63, 3.8) is 0 Å². The van der Waals surface area contributed by atoms with Crippen LogP contribution in [0.1, 0.15) is 23.6 Å². The molecule has 236 valence electrons. The Hall–Kier alpha value is -4.83. The van der Waals surface area contributed by atoms with Gasteiger partial charge in [-0.3, -0.25) is 13.9 Å². The summed E-state index contributed by atoms with van der Waals surface area (Å²) in [6.45, 7) is 3.49. The molecule has 4 aromatic carbocycles. The number of hydrogen-bond donors (Lipinski definition) is 1. The van der Waals surface area contributed by atoms with Crippen LogP contribution in [0.5, 0.6) is 11.5 Å². The second-order valence-electron chi connectivity index (χ2n) is 10.5. The normalized spacial score (nSPS) is 11.7. The van der Waals surface area contributed by atoms with Gasteiger partial charge in [0.1, 0.15) is 24.1 Å². The highest BCUT2D eigenvalue weighted by molar-refractivity contribution is 7.92. The number of rotatable bonds is 14. The van der Waals surface area contributed by atoms with Gasteiger partial charge >= 0.3 is 0 Å². The van der Waals surface area contributed by atoms with Crippen molar-refractivity contribution >= 4 is 27.5 Å². The summed E-state index contributed by atoms with van der Waals surface area (Å²) in [4.78, 5) is 29.6. The molecule has 10 heteroatoms. The number of likely N-dealkylation sites (N-methyl/N-ethyl adjacent to an activating group) is 1. The van der Waals surface area contributed by atoms with Crippen molar-refractivity contribution in [3.8, 4) is 11.5 Å². The zero-order valence-corrected chi connectivity index (χ0v) is 26.8. The zero-order valence-electron chi connectivity index (χ0n) is 26.0. The predicted molar refractivity (Wildman–Crippen MR) is 175 cm³/mol. The topological polar surface area (TPSA) is 105 Å². The van der Waals surface area contributed by atoms with Gasteiger partial charge in [0.05, 0.1) is 24.8 Å². The highest BCUT2D eigenvalue weighted by atomic mass is 32.2. The van der Waals surface area contributed by atoms with Crippen LogP contribution in [0.3, 0.4) is 0 Å². The molecule has 0 aromatic heterocycles. The fourth-order valence-electron chi connectivity index (χ4n) is 5.00. The van der Waals surface area contributed by atoms with Crippen LogP contribution in [0.4, 0.5) is 5.69 Å². The Kier molecular flexibility index (Phi) is 11.2. The highest BCUT2D eigenvalue weighted by Gasteiger charge is 2.35. The van der Waals surface area contributed by atoms with Crippen LogP contribution in [-0.2, 0) is 32.6 Å². The molecule has 45 heavy (non-hydrogen) atoms. The number of aryl methyl sites for hydroxylation is 1. The zero-order chi connectivity index (χ0) is 32.4. The lowest BCUT2D eigenvalue weighted by molar-refractivity contribution is -0.140. The molecule has 0 aliphatic heterocycles. The van der Waals surface area contributed by atoms with E-state index < -0.39 is 28.5 Å². The maximum Gasteiger partial charge on any atom is 0.264 e. The maximum absolute atomic E-state index is 14.5. The van der Waals surface area contributed by atoms with E-state index in [4.69, 9.17) is 9.47 Å². The number of carbonyl (C=O) groups excluding carboxylic acids is 2. The second kappa shape index (κ2) is 15.3. The first-order chi connectivity index (χ1) is 21.7. The lowest BCUT2D eigenvalue weighted by Crippen LogP contribution is -2.53. The first kappa shape index (κ1) is 33.1. The predicted octanol–water partition coefficient (Wildman–Crippen LogP) is 4.98. The Labute approximate surface area is 265 Å². The molecule has 4 rings (SSSR count). The van der Waals surface area contributed by atoms with Crippen molar-refractivity contribution in [3.05, 3.63) is 120 Å². The van der Waals surface area contributed by atoms with Crippen LogP contribution >= 0.6 is 0 Å². The third kappa shape index (κ3) is 8.21. The van der Waals surface area contributed by atoms with Crippen molar-refractivity contribution in [1.29, 1.82) is 0 Å². The lowest BCUT2D eigenvalue weighted by Gasteiger charge is -2.34. The molecular formula is C35H39N3O6S. The number of anilines is 1. The highest BCUT2D eigenvalue weighted by Crippen LogP contribution is 2.33. The van der Waals surface area contributed by atoms with Crippen molar-refractivity contribution in [1.82, 2.24) is 10.2 Å². The summed E-state index contributed by atoms with van der Waals surface area (Å²) >= 11 is 0. The van der Waals surface area contributed by atoms with Crippen LogP contribution in [0.15, 0.2) is 108 Å². The van der Waals surface area contributed by atoms with Gasteiger partial charge in [0.2, 0.25) is 11.8 Å². The number of carbonyl (C=O) groups is 2. The van der Waals surface area contributed by atoms with Crippen molar-refractivity contribution in [2.75, 3.05) is 31.6 Å². The third-order valence-electron chi connectivity index (χ3n) is 7.35. The summed E-state index contributed by atoms with van der Waals surface area (Å²) in [5.41, 5.74) is 2.67. The van der Waals surface area contributed by atoms with Gasteiger partial charge in [-0.1, -0.05) is 72.3 Å². The molecule has 0 aliphatic rings. The summed E-state index contributed by atoms with van der Waals surface area (Å²) < 4.78 is 40.4. The average Bonchev–Trinajstić information content (AvgIpc) is 3.06. The number of amides is 2.